The number of esters is 1. The minimum Gasteiger partial charge on any atom is -0.469 e. The van der Waals surface area contributed by atoms with E-state index < -0.39 is 0 Å². The summed E-state index contributed by atoms with van der Waals surface area (Å²) in [5, 5.41) is 3.31. The molecule has 0 aliphatic carbocycles. The highest BCUT2D eigenvalue weighted by molar-refractivity contribution is 14.0. The third-order valence-corrected chi connectivity index (χ3v) is 3.53. The molecule has 1 aliphatic rings. The van der Waals surface area contributed by atoms with Crippen LogP contribution in [0.25, 0.3) is 0 Å². The molecule has 0 aromatic heterocycles. The van der Waals surface area contributed by atoms with Crippen molar-refractivity contribution >= 4 is 35.9 Å². The lowest BCUT2D eigenvalue weighted by atomic mass is 9.97. The van der Waals surface area contributed by atoms with Gasteiger partial charge in [0, 0.05) is 19.6 Å². The zero-order valence-corrected chi connectivity index (χ0v) is 16.1. The summed E-state index contributed by atoms with van der Waals surface area (Å²) in [4.78, 5) is 18.0. The first-order valence-corrected chi connectivity index (χ1v) is 7.66. The van der Waals surface area contributed by atoms with Gasteiger partial charge >= 0.3 is 5.97 Å². The Morgan fingerprint density at radius 1 is 1.48 bits per heavy atom. The van der Waals surface area contributed by atoms with E-state index >= 15 is 0 Å². The summed E-state index contributed by atoms with van der Waals surface area (Å²) < 4.78 is 4.64. The van der Waals surface area contributed by atoms with Crippen LogP contribution >= 0.6 is 24.0 Å². The molecule has 0 saturated carbocycles. The van der Waals surface area contributed by atoms with Crippen molar-refractivity contribution in [3.63, 3.8) is 0 Å². The summed E-state index contributed by atoms with van der Waals surface area (Å²) in [6, 6.07) is 0. The predicted octanol–water partition coefficient (Wildman–Crippen LogP) is 2.50. The van der Waals surface area contributed by atoms with Crippen molar-refractivity contribution in [3.8, 4) is 0 Å². The zero-order valence-electron chi connectivity index (χ0n) is 13.7. The molecule has 1 atom stereocenters. The van der Waals surface area contributed by atoms with Crippen LogP contribution < -0.4 is 5.32 Å². The summed E-state index contributed by atoms with van der Waals surface area (Å²) in [7, 11) is 1.41. The maximum absolute atomic E-state index is 11.1. The van der Waals surface area contributed by atoms with E-state index in [0.717, 1.165) is 37.4 Å². The van der Waals surface area contributed by atoms with Gasteiger partial charge in [0.15, 0.2) is 5.96 Å². The van der Waals surface area contributed by atoms with E-state index in [2.05, 4.69) is 40.7 Å². The van der Waals surface area contributed by atoms with Crippen LogP contribution in [0, 0.1) is 11.8 Å². The van der Waals surface area contributed by atoms with Gasteiger partial charge in [0.25, 0.3) is 0 Å². The largest absolute Gasteiger partial charge is 0.469 e. The number of nitrogens with zero attached hydrogens (tertiary/aromatic N) is 2. The number of guanidine groups is 1. The number of carbonyl (C=O) groups excluding carboxylic acids is 1. The van der Waals surface area contributed by atoms with Crippen LogP contribution in [0.2, 0.25) is 0 Å². The van der Waals surface area contributed by atoms with Crippen molar-refractivity contribution in [1.82, 2.24) is 10.2 Å². The number of likely N-dealkylation sites (tertiary alicyclic amines) is 1. The molecule has 1 fully saturated rings. The van der Waals surface area contributed by atoms with Crippen molar-refractivity contribution in [1.29, 1.82) is 0 Å². The second kappa shape index (κ2) is 11.1. The molecule has 1 saturated heterocycles. The Morgan fingerprint density at radius 3 is 2.76 bits per heavy atom. The molecule has 0 radical (unpaired) electrons. The van der Waals surface area contributed by atoms with Gasteiger partial charge in [-0.3, -0.25) is 9.79 Å². The Morgan fingerprint density at radius 2 is 2.19 bits per heavy atom. The maximum atomic E-state index is 11.1. The third kappa shape index (κ3) is 7.87. The SMILES string of the molecule is CCNC(=NCCC(=O)OC)N1CCC(CC(C)C)C1.I. The minimum atomic E-state index is -0.205. The third-order valence-electron chi connectivity index (χ3n) is 3.53. The van der Waals surface area contributed by atoms with Gasteiger partial charge in [-0.2, -0.15) is 0 Å². The lowest BCUT2D eigenvalue weighted by molar-refractivity contribution is -0.140. The molecule has 0 amide bonds. The fourth-order valence-corrected chi connectivity index (χ4v) is 2.67. The fraction of sp³-hybridized carbons (Fsp3) is 0.867. The van der Waals surface area contributed by atoms with Gasteiger partial charge in [0.2, 0.25) is 0 Å². The molecule has 1 unspecified atom stereocenters. The van der Waals surface area contributed by atoms with Gasteiger partial charge in [0.05, 0.1) is 20.1 Å². The smallest absolute Gasteiger partial charge is 0.307 e. The van der Waals surface area contributed by atoms with E-state index in [0.29, 0.717) is 13.0 Å². The monoisotopic (exact) mass is 411 g/mol. The van der Waals surface area contributed by atoms with Crippen LogP contribution in [0.15, 0.2) is 4.99 Å². The van der Waals surface area contributed by atoms with Gasteiger partial charge in [-0.1, -0.05) is 13.8 Å². The number of hydrogen-bond acceptors (Lipinski definition) is 3. The molecule has 1 heterocycles. The van der Waals surface area contributed by atoms with Crippen LogP contribution in [-0.2, 0) is 9.53 Å². The van der Waals surface area contributed by atoms with Crippen molar-refractivity contribution in [3.05, 3.63) is 0 Å². The molecule has 21 heavy (non-hydrogen) atoms. The summed E-state index contributed by atoms with van der Waals surface area (Å²) in [5.41, 5.74) is 0. The second-order valence-corrected chi connectivity index (χ2v) is 5.79. The highest BCUT2D eigenvalue weighted by Crippen LogP contribution is 2.23. The molecule has 0 aromatic rings. The van der Waals surface area contributed by atoms with Gasteiger partial charge < -0.3 is 15.0 Å². The molecule has 124 valence electrons. The first-order chi connectivity index (χ1) is 9.56. The van der Waals surface area contributed by atoms with E-state index in [-0.39, 0.29) is 29.9 Å². The van der Waals surface area contributed by atoms with E-state index in [9.17, 15) is 4.79 Å². The molecule has 0 aromatic carbocycles. The second-order valence-electron chi connectivity index (χ2n) is 5.79. The summed E-state index contributed by atoms with van der Waals surface area (Å²) >= 11 is 0. The number of ether oxygens (including phenoxy) is 1. The molecule has 1 aliphatic heterocycles. The molecule has 1 rings (SSSR count). The zero-order chi connectivity index (χ0) is 15.0. The van der Waals surface area contributed by atoms with Gasteiger partial charge in [-0.25, -0.2) is 0 Å². The number of rotatable bonds is 6. The van der Waals surface area contributed by atoms with E-state index in [1.807, 2.05) is 0 Å². The lowest BCUT2D eigenvalue weighted by Crippen LogP contribution is -2.40. The number of aliphatic imine (C=N–C) groups is 1. The van der Waals surface area contributed by atoms with Crippen LogP contribution in [0.3, 0.4) is 0 Å². The molecule has 0 bridgehead atoms. The average Bonchev–Trinajstić information content (AvgIpc) is 2.85. The van der Waals surface area contributed by atoms with E-state index in [4.69, 9.17) is 0 Å². The van der Waals surface area contributed by atoms with E-state index in [1.165, 1.54) is 20.0 Å². The summed E-state index contributed by atoms with van der Waals surface area (Å²) in [5.74, 6) is 2.24. The molecule has 1 N–H and O–H groups in total. The van der Waals surface area contributed by atoms with Crippen LogP contribution in [-0.4, -0.2) is 50.1 Å². The molecule has 5 nitrogen and oxygen atoms in total. The highest BCUT2D eigenvalue weighted by Gasteiger charge is 2.25. The molecular weight excluding hydrogens is 381 g/mol. The average molecular weight is 411 g/mol. The lowest BCUT2D eigenvalue weighted by Gasteiger charge is -2.22. The Kier molecular flexibility index (Phi) is 10.8. The number of nitrogens with one attached hydrogen (secondary N) is 1. The number of hydrogen-bond donors (Lipinski definition) is 1. The fourth-order valence-electron chi connectivity index (χ4n) is 2.67. The van der Waals surface area contributed by atoms with Crippen LogP contribution in [0.1, 0.15) is 40.0 Å². The van der Waals surface area contributed by atoms with Crippen LogP contribution in [0.4, 0.5) is 0 Å². The Labute approximate surface area is 145 Å². The number of halogens is 1. The minimum absolute atomic E-state index is 0. The molecule has 6 heteroatoms. The van der Waals surface area contributed by atoms with Gasteiger partial charge in [-0.15, -0.1) is 24.0 Å². The number of methoxy groups -OCH3 is 1. The highest BCUT2D eigenvalue weighted by atomic mass is 127. The van der Waals surface area contributed by atoms with E-state index in [1.54, 1.807) is 0 Å². The van der Waals surface area contributed by atoms with Crippen molar-refractivity contribution < 1.29 is 9.53 Å². The number of carbonyl (C=O) groups is 1. The van der Waals surface area contributed by atoms with Crippen molar-refractivity contribution in [2.45, 2.75) is 40.0 Å². The Balaban J connectivity index is 0.00000400. The normalized spacial score (nSPS) is 18.6. The quantitative estimate of drug-likeness (QED) is 0.316. The van der Waals surface area contributed by atoms with Gasteiger partial charge in [-0.05, 0) is 31.6 Å². The van der Waals surface area contributed by atoms with Crippen molar-refractivity contribution in [2.75, 3.05) is 33.3 Å². The molecular formula is C15H30IN3O2. The Bertz CT molecular complexity index is 335. The van der Waals surface area contributed by atoms with Crippen molar-refractivity contribution in [2.24, 2.45) is 16.8 Å². The van der Waals surface area contributed by atoms with Crippen LogP contribution in [0.5, 0.6) is 0 Å². The standard InChI is InChI=1S/C15H29N3O2.HI/c1-5-16-15(17-8-6-14(19)20-4)18-9-7-13(11-18)10-12(2)3;/h12-13H,5-11H2,1-4H3,(H,16,17);1H. The maximum Gasteiger partial charge on any atom is 0.307 e. The predicted molar refractivity (Wildman–Crippen MR) is 97.2 cm³/mol. The molecule has 0 spiro atoms. The first kappa shape index (κ1) is 20.5. The summed E-state index contributed by atoms with van der Waals surface area (Å²) in [6.45, 7) is 10.1. The first-order valence-electron chi connectivity index (χ1n) is 7.66. The topological polar surface area (TPSA) is 53.9 Å². The van der Waals surface area contributed by atoms with Gasteiger partial charge in [0.1, 0.15) is 0 Å². The summed E-state index contributed by atoms with van der Waals surface area (Å²) in [6.07, 6.45) is 2.85. The Hall–Kier alpha value is -0.530.